The van der Waals surface area contributed by atoms with Gasteiger partial charge in [-0.1, -0.05) is 52.4 Å². The van der Waals surface area contributed by atoms with E-state index in [2.05, 4.69) is 11.3 Å². The first-order valence-corrected chi connectivity index (χ1v) is 9.29. The summed E-state index contributed by atoms with van der Waals surface area (Å²) in [6.45, 7) is 4.48. The lowest BCUT2D eigenvalue weighted by atomic mass is 10.2. The zero-order chi connectivity index (χ0) is 19.5. The third-order valence-electron chi connectivity index (χ3n) is 2.71. The lowest BCUT2D eigenvalue weighted by Gasteiger charge is -2.06. The van der Waals surface area contributed by atoms with Gasteiger partial charge < -0.3 is 14.9 Å². The predicted octanol–water partition coefficient (Wildman–Crippen LogP) is 4.58. The standard InChI is InChI=1S/C14H10O4S2.C4H6O2/c15-13(16)9-5-1-3-7-11(9)19-20-12-8-4-2-6-10(12)14(17)18;1-3-6-4(2)5/h1-8H,(H,15,16)(H,17,18);3H,1H2,2H3. The van der Waals surface area contributed by atoms with Gasteiger partial charge in [-0.05, 0) is 24.3 Å². The molecule has 2 aromatic rings. The molecule has 6 nitrogen and oxygen atoms in total. The van der Waals surface area contributed by atoms with Gasteiger partial charge in [-0.25, -0.2) is 9.59 Å². The van der Waals surface area contributed by atoms with Crippen molar-refractivity contribution >= 4 is 39.5 Å². The molecule has 0 radical (unpaired) electrons. The Morgan fingerprint density at radius 2 is 1.27 bits per heavy atom. The molecule has 0 aliphatic carbocycles. The highest BCUT2D eigenvalue weighted by molar-refractivity contribution is 8.76. The van der Waals surface area contributed by atoms with Crippen LogP contribution in [0.2, 0.25) is 0 Å². The van der Waals surface area contributed by atoms with Crippen LogP contribution in [-0.2, 0) is 9.53 Å². The molecule has 0 amide bonds. The van der Waals surface area contributed by atoms with Crippen LogP contribution in [0.5, 0.6) is 0 Å². The van der Waals surface area contributed by atoms with Crippen LogP contribution in [0.25, 0.3) is 0 Å². The van der Waals surface area contributed by atoms with Gasteiger partial charge in [0, 0.05) is 16.7 Å². The second-order valence-corrected chi connectivity index (χ2v) is 6.76. The van der Waals surface area contributed by atoms with Crippen molar-refractivity contribution < 1.29 is 29.3 Å². The van der Waals surface area contributed by atoms with Crippen molar-refractivity contribution in [3.63, 3.8) is 0 Å². The molecular weight excluding hydrogens is 376 g/mol. The Bertz CT molecular complexity index is 746. The molecule has 0 aliphatic heterocycles. The summed E-state index contributed by atoms with van der Waals surface area (Å²) in [5.41, 5.74) is 0.413. The summed E-state index contributed by atoms with van der Waals surface area (Å²) >= 11 is 0. The van der Waals surface area contributed by atoms with E-state index in [4.69, 9.17) is 10.2 Å². The molecule has 0 atom stereocenters. The van der Waals surface area contributed by atoms with Gasteiger partial charge in [-0.2, -0.15) is 0 Å². The van der Waals surface area contributed by atoms with Crippen LogP contribution in [0.15, 0.2) is 71.2 Å². The molecule has 136 valence electrons. The molecule has 0 heterocycles. The van der Waals surface area contributed by atoms with Crippen LogP contribution in [0, 0.1) is 0 Å². The van der Waals surface area contributed by atoms with Gasteiger partial charge in [-0.15, -0.1) is 0 Å². The van der Waals surface area contributed by atoms with Crippen LogP contribution in [0.3, 0.4) is 0 Å². The fraction of sp³-hybridized carbons (Fsp3) is 0.0556. The van der Waals surface area contributed by atoms with E-state index in [1.54, 1.807) is 36.4 Å². The number of carbonyl (C=O) groups is 3. The molecule has 2 aromatic carbocycles. The van der Waals surface area contributed by atoms with Crippen LogP contribution in [0.4, 0.5) is 0 Å². The van der Waals surface area contributed by atoms with Crippen LogP contribution in [-0.4, -0.2) is 28.1 Å². The van der Waals surface area contributed by atoms with Crippen LogP contribution in [0.1, 0.15) is 27.6 Å². The van der Waals surface area contributed by atoms with E-state index in [1.165, 1.54) is 40.6 Å². The SMILES string of the molecule is C=COC(C)=O.O=C(O)c1ccccc1SSc1ccccc1C(=O)O. The molecule has 8 heteroatoms. The van der Waals surface area contributed by atoms with Crippen LogP contribution < -0.4 is 0 Å². The summed E-state index contributed by atoms with van der Waals surface area (Å²) in [4.78, 5) is 33.1. The molecular formula is C18H16O6S2. The van der Waals surface area contributed by atoms with Crippen molar-refractivity contribution in [1.29, 1.82) is 0 Å². The number of esters is 1. The second-order valence-electron chi connectivity index (χ2n) is 4.55. The number of hydrogen-bond donors (Lipinski definition) is 2. The highest BCUT2D eigenvalue weighted by Gasteiger charge is 2.13. The smallest absolute Gasteiger partial charge is 0.336 e. The maximum absolute atomic E-state index is 11.1. The topological polar surface area (TPSA) is 101 Å². The van der Waals surface area contributed by atoms with Crippen molar-refractivity contribution in [2.24, 2.45) is 0 Å². The minimum atomic E-state index is -1.000. The maximum atomic E-state index is 11.1. The lowest BCUT2D eigenvalue weighted by Crippen LogP contribution is -1.98. The number of aromatic carboxylic acids is 2. The Kier molecular flexibility index (Phi) is 9.04. The molecule has 0 aliphatic rings. The Morgan fingerprint density at radius 1 is 0.885 bits per heavy atom. The lowest BCUT2D eigenvalue weighted by molar-refractivity contribution is -0.135. The third-order valence-corrected chi connectivity index (χ3v) is 5.19. The normalized spacial score (nSPS) is 9.42. The predicted molar refractivity (Wildman–Crippen MR) is 100 cm³/mol. The Hall–Kier alpha value is -2.71. The van der Waals surface area contributed by atoms with Crippen molar-refractivity contribution in [2.75, 3.05) is 0 Å². The molecule has 0 spiro atoms. The summed E-state index contributed by atoms with van der Waals surface area (Å²) in [5.74, 6) is -2.33. The summed E-state index contributed by atoms with van der Waals surface area (Å²) in [6, 6.07) is 13.3. The first-order valence-electron chi connectivity index (χ1n) is 7.14. The van der Waals surface area contributed by atoms with E-state index in [1.807, 2.05) is 0 Å². The summed E-state index contributed by atoms with van der Waals surface area (Å²) in [7, 11) is 2.47. The molecule has 0 fully saturated rings. The van der Waals surface area contributed by atoms with Crippen molar-refractivity contribution in [3.8, 4) is 0 Å². The quantitative estimate of drug-likeness (QED) is 0.419. The number of rotatable bonds is 6. The van der Waals surface area contributed by atoms with Gasteiger partial charge in [-0.3, -0.25) is 4.79 Å². The maximum Gasteiger partial charge on any atom is 0.336 e. The fourth-order valence-electron chi connectivity index (χ4n) is 1.64. The zero-order valence-electron chi connectivity index (χ0n) is 13.7. The monoisotopic (exact) mass is 392 g/mol. The van der Waals surface area contributed by atoms with E-state index >= 15 is 0 Å². The van der Waals surface area contributed by atoms with E-state index in [-0.39, 0.29) is 17.1 Å². The Labute approximate surface area is 158 Å². The molecule has 0 saturated carbocycles. The average Bonchev–Trinajstić information content (AvgIpc) is 2.60. The summed E-state index contributed by atoms with van der Waals surface area (Å²) in [6.07, 6.45) is 1.10. The van der Waals surface area contributed by atoms with Gasteiger partial charge >= 0.3 is 17.9 Å². The van der Waals surface area contributed by atoms with Crippen molar-refractivity contribution in [1.82, 2.24) is 0 Å². The number of carboxylic acid groups (broad SMARTS) is 2. The number of hydrogen-bond acceptors (Lipinski definition) is 6. The van der Waals surface area contributed by atoms with E-state index in [0.29, 0.717) is 9.79 Å². The van der Waals surface area contributed by atoms with Gasteiger partial charge in [0.15, 0.2) is 0 Å². The molecule has 2 N–H and O–H groups in total. The average molecular weight is 392 g/mol. The highest BCUT2D eigenvalue weighted by atomic mass is 33.1. The summed E-state index contributed by atoms with van der Waals surface area (Å²) < 4.78 is 4.17. The van der Waals surface area contributed by atoms with Crippen molar-refractivity contribution in [2.45, 2.75) is 16.7 Å². The van der Waals surface area contributed by atoms with Crippen LogP contribution >= 0.6 is 21.6 Å². The van der Waals surface area contributed by atoms with Gasteiger partial charge in [0.05, 0.1) is 17.4 Å². The third kappa shape index (κ3) is 7.04. The minimum absolute atomic E-state index is 0.206. The molecule has 0 aromatic heterocycles. The number of carbonyl (C=O) groups excluding carboxylic acids is 1. The van der Waals surface area contributed by atoms with Crippen molar-refractivity contribution in [3.05, 3.63) is 72.5 Å². The van der Waals surface area contributed by atoms with Gasteiger partial charge in [0.25, 0.3) is 0 Å². The molecule has 2 rings (SSSR count). The van der Waals surface area contributed by atoms with E-state index < -0.39 is 11.9 Å². The second kappa shape index (κ2) is 11.0. The highest BCUT2D eigenvalue weighted by Crippen LogP contribution is 2.40. The van der Waals surface area contributed by atoms with Gasteiger partial charge in [0.1, 0.15) is 0 Å². The zero-order valence-corrected chi connectivity index (χ0v) is 15.4. The Morgan fingerprint density at radius 3 is 1.54 bits per heavy atom. The molecule has 0 saturated heterocycles. The number of benzene rings is 2. The number of ether oxygens (including phenoxy) is 1. The first-order chi connectivity index (χ1) is 12.4. The number of carboxylic acids is 2. The molecule has 0 unspecified atom stereocenters. The van der Waals surface area contributed by atoms with E-state index in [0.717, 1.165) is 6.26 Å². The first kappa shape index (κ1) is 21.3. The molecule has 26 heavy (non-hydrogen) atoms. The molecule has 0 bridgehead atoms. The summed E-state index contributed by atoms with van der Waals surface area (Å²) in [5, 5.41) is 18.2. The van der Waals surface area contributed by atoms with E-state index in [9.17, 15) is 14.4 Å². The minimum Gasteiger partial charge on any atom is -0.478 e. The fourth-order valence-corrected chi connectivity index (χ4v) is 3.99. The Balaban J connectivity index is 0.000000487. The van der Waals surface area contributed by atoms with Gasteiger partial charge in [0.2, 0.25) is 0 Å². The largest absolute Gasteiger partial charge is 0.478 e.